The third-order valence-corrected chi connectivity index (χ3v) is 3.45. The molecule has 0 saturated carbocycles. The van der Waals surface area contributed by atoms with Crippen LogP contribution in [-0.4, -0.2) is 39.2 Å². The minimum atomic E-state index is -1.10. The molecule has 2 rings (SSSR count). The van der Waals surface area contributed by atoms with Gasteiger partial charge in [-0.25, -0.2) is 0 Å². The van der Waals surface area contributed by atoms with Gasteiger partial charge < -0.3 is 19.7 Å². The zero-order chi connectivity index (χ0) is 12.3. The van der Waals surface area contributed by atoms with Crippen LogP contribution < -0.4 is 14.9 Å². The molecule has 0 unspecified atom stereocenters. The smallest absolute Gasteiger partial charge is 0.127 e. The Kier molecular flexibility index (Phi) is 3.76. The molecule has 1 aromatic carbocycles. The second-order valence-corrected chi connectivity index (χ2v) is 4.87. The van der Waals surface area contributed by atoms with Gasteiger partial charge in [-0.2, -0.15) is 0 Å². The Morgan fingerprint density at radius 2 is 1.76 bits per heavy atom. The second kappa shape index (κ2) is 5.29. The number of nitrogens with one attached hydrogen (secondary N) is 2. The Balaban J connectivity index is 1.92. The molecule has 0 bridgehead atoms. The Morgan fingerprint density at radius 1 is 1.18 bits per heavy atom. The van der Waals surface area contributed by atoms with Gasteiger partial charge in [0.2, 0.25) is 0 Å². The van der Waals surface area contributed by atoms with Gasteiger partial charge in [0.05, 0.1) is 13.0 Å². The molecule has 1 aliphatic rings. The van der Waals surface area contributed by atoms with Crippen molar-refractivity contribution in [2.45, 2.75) is 6.54 Å². The van der Waals surface area contributed by atoms with Gasteiger partial charge in [0.1, 0.15) is 32.7 Å². The van der Waals surface area contributed by atoms with Gasteiger partial charge in [-0.05, 0) is 5.56 Å². The molecular formula is C13H19N2O2+. The fraction of sp³-hybridized carbons (Fsp3) is 0.462. The number of hydrogen-bond acceptors (Lipinski definition) is 2. The molecule has 1 aliphatic heterocycles. The number of benzene rings is 1. The van der Waals surface area contributed by atoms with Crippen molar-refractivity contribution >= 4 is 5.97 Å². The van der Waals surface area contributed by atoms with Crippen LogP contribution in [0.1, 0.15) is 15.9 Å². The fourth-order valence-corrected chi connectivity index (χ4v) is 2.25. The topological polar surface area (TPSA) is 49.0 Å². The van der Waals surface area contributed by atoms with E-state index >= 15 is 0 Å². The number of piperazine rings is 1. The number of carbonyl (C=O) groups is 1. The lowest BCUT2D eigenvalue weighted by molar-refractivity contribution is -1.01. The van der Waals surface area contributed by atoms with E-state index in [2.05, 4.69) is 7.05 Å². The summed E-state index contributed by atoms with van der Waals surface area (Å²) in [6, 6.07) is 7.05. The largest absolute Gasteiger partial charge is 0.545 e. The zero-order valence-corrected chi connectivity index (χ0v) is 10.2. The van der Waals surface area contributed by atoms with Crippen LogP contribution >= 0.6 is 0 Å². The summed E-state index contributed by atoms with van der Waals surface area (Å²) in [5.74, 6) is -1.10. The predicted molar refractivity (Wildman–Crippen MR) is 61.8 cm³/mol. The molecule has 0 aliphatic carbocycles. The van der Waals surface area contributed by atoms with Crippen LogP contribution in [0.3, 0.4) is 0 Å². The molecule has 1 heterocycles. The molecule has 0 aromatic heterocycles. The maximum absolute atomic E-state index is 10.6. The summed E-state index contributed by atoms with van der Waals surface area (Å²) in [6.07, 6.45) is 0. The van der Waals surface area contributed by atoms with Crippen molar-refractivity contribution in [1.29, 1.82) is 0 Å². The summed E-state index contributed by atoms with van der Waals surface area (Å²) >= 11 is 0. The maximum Gasteiger partial charge on any atom is 0.127 e. The number of aromatic carboxylic acids is 1. The first-order chi connectivity index (χ1) is 8.15. The quantitative estimate of drug-likeness (QED) is 0.585. The van der Waals surface area contributed by atoms with E-state index in [9.17, 15) is 9.90 Å². The molecule has 1 saturated heterocycles. The fourth-order valence-electron chi connectivity index (χ4n) is 2.25. The molecule has 0 amide bonds. The molecule has 17 heavy (non-hydrogen) atoms. The molecule has 92 valence electrons. The summed E-state index contributed by atoms with van der Waals surface area (Å²) in [4.78, 5) is 13.8. The first kappa shape index (κ1) is 12.1. The van der Waals surface area contributed by atoms with E-state index in [1.807, 2.05) is 12.1 Å². The molecule has 2 N–H and O–H groups in total. The first-order valence-electron chi connectivity index (χ1n) is 6.10. The van der Waals surface area contributed by atoms with E-state index < -0.39 is 5.97 Å². The summed E-state index contributed by atoms with van der Waals surface area (Å²) < 4.78 is 0. The minimum absolute atomic E-state index is 0.256. The summed E-state index contributed by atoms with van der Waals surface area (Å²) in [5.41, 5.74) is 1.45. The summed E-state index contributed by atoms with van der Waals surface area (Å²) in [5, 5.41) is 10.6. The van der Waals surface area contributed by atoms with Crippen LogP contribution in [0.15, 0.2) is 24.3 Å². The van der Waals surface area contributed by atoms with Crippen molar-refractivity contribution in [3.8, 4) is 0 Å². The molecule has 4 nitrogen and oxygen atoms in total. The Morgan fingerprint density at radius 3 is 2.29 bits per heavy atom. The molecule has 1 aromatic rings. The monoisotopic (exact) mass is 235 g/mol. The molecule has 1 fully saturated rings. The van der Waals surface area contributed by atoms with Crippen LogP contribution in [0.5, 0.6) is 0 Å². The SMILES string of the molecule is C[NH+]1CC[NH+](Cc2ccc(C(=O)[O-])cc2)CC1. The number of carboxylic acids is 1. The van der Waals surface area contributed by atoms with E-state index in [4.69, 9.17) is 0 Å². The third-order valence-electron chi connectivity index (χ3n) is 3.45. The number of hydrogen-bond donors (Lipinski definition) is 2. The van der Waals surface area contributed by atoms with Gasteiger partial charge in [-0.15, -0.1) is 0 Å². The minimum Gasteiger partial charge on any atom is -0.545 e. The lowest BCUT2D eigenvalue weighted by atomic mass is 10.1. The zero-order valence-electron chi connectivity index (χ0n) is 10.2. The Hall–Kier alpha value is -1.39. The molecule has 4 heteroatoms. The van der Waals surface area contributed by atoms with E-state index in [1.165, 1.54) is 31.7 Å². The predicted octanol–water partition coefficient (Wildman–Crippen LogP) is -3.04. The van der Waals surface area contributed by atoms with Crippen LogP contribution in [0.25, 0.3) is 0 Å². The lowest BCUT2D eigenvalue weighted by Crippen LogP contribution is -3.26. The Bertz CT molecular complexity index is 381. The highest BCUT2D eigenvalue weighted by molar-refractivity contribution is 5.85. The van der Waals surface area contributed by atoms with Gasteiger partial charge >= 0.3 is 0 Å². The molecule has 0 spiro atoms. The number of carbonyl (C=O) groups excluding carboxylic acids is 1. The number of rotatable bonds is 3. The average Bonchev–Trinajstić information content (AvgIpc) is 2.33. The van der Waals surface area contributed by atoms with E-state index in [0.29, 0.717) is 0 Å². The van der Waals surface area contributed by atoms with Gasteiger partial charge in [-0.3, -0.25) is 0 Å². The van der Waals surface area contributed by atoms with Gasteiger partial charge in [0.15, 0.2) is 0 Å². The second-order valence-electron chi connectivity index (χ2n) is 4.87. The van der Waals surface area contributed by atoms with Crippen LogP contribution in [-0.2, 0) is 6.54 Å². The van der Waals surface area contributed by atoms with Crippen molar-refractivity contribution in [3.05, 3.63) is 35.4 Å². The summed E-state index contributed by atoms with van der Waals surface area (Å²) in [7, 11) is 2.23. The molecule has 0 atom stereocenters. The van der Waals surface area contributed by atoms with Crippen molar-refractivity contribution in [1.82, 2.24) is 0 Å². The number of likely N-dealkylation sites (N-methyl/N-ethyl adjacent to an activating group) is 1. The van der Waals surface area contributed by atoms with Crippen molar-refractivity contribution < 1.29 is 19.7 Å². The van der Waals surface area contributed by atoms with Gasteiger partial charge in [0, 0.05) is 5.56 Å². The highest BCUT2D eigenvalue weighted by Gasteiger charge is 2.19. The average molecular weight is 235 g/mol. The van der Waals surface area contributed by atoms with E-state index in [-0.39, 0.29) is 5.56 Å². The Labute approximate surface area is 101 Å². The summed E-state index contributed by atoms with van der Waals surface area (Å²) in [6.45, 7) is 5.79. The van der Waals surface area contributed by atoms with Crippen molar-refractivity contribution in [3.63, 3.8) is 0 Å². The third kappa shape index (κ3) is 3.28. The molecular weight excluding hydrogens is 216 g/mol. The van der Waals surface area contributed by atoms with Crippen molar-refractivity contribution in [2.75, 3.05) is 33.2 Å². The highest BCUT2D eigenvalue weighted by Crippen LogP contribution is 2.02. The van der Waals surface area contributed by atoms with Gasteiger partial charge in [0.25, 0.3) is 0 Å². The van der Waals surface area contributed by atoms with Crippen LogP contribution in [0, 0.1) is 0 Å². The molecule has 0 radical (unpaired) electrons. The number of carboxylic acid groups (broad SMARTS) is 1. The van der Waals surface area contributed by atoms with E-state index in [1.54, 1.807) is 21.9 Å². The van der Waals surface area contributed by atoms with Crippen molar-refractivity contribution in [2.24, 2.45) is 0 Å². The standard InChI is InChI=1S/C13H18N2O2/c1-14-6-8-15(9-7-14)10-11-2-4-12(5-3-11)13(16)17/h2-5H,6-10H2,1H3,(H,16,17)/p+1. The van der Waals surface area contributed by atoms with Gasteiger partial charge in [-0.1, -0.05) is 24.3 Å². The first-order valence-corrected chi connectivity index (χ1v) is 6.10. The maximum atomic E-state index is 10.6. The van der Waals surface area contributed by atoms with Crippen LogP contribution in [0.4, 0.5) is 0 Å². The number of quaternary nitrogens is 2. The normalized spacial score (nSPS) is 24.5. The van der Waals surface area contributed by atoms with E-state index in [0.717, 1.165) is 6.54 Å². The highest BCUT2D eigenvalue weighted by atomic mass is 16.4. The van der Waals surface area contributed by atoms with Crippen LogP contribution in [0.2, 0.25) is 0 Å². The lowest BCUT2D eigenvalue weighted by Gasteiger charge is -2.27.